The molecule has 6 rings (SSSR count). The van der Waals surface area contributed by atoms with Crippen molar-refractivity contribution < 1.29 is 37.6 Å². The topological polar surface area (TPSA) is 143 Å². The zero-order valence-electron chi connectivity index (χ0n) is 20.2. The van der Waals surface area contributed by atoms with Crippen molar-refractivity contribution in [3.05, 3.63) is 17.4 Å². The lowest BCUT2D eigenvalue weighted by Gasteiger charge is -2.55. The number of nitrogens with one attached hydrogen (secondary N) is 2. The van der Waals surface area contributed by atoms with Gasteiger partial charge in [0.15, 0.2) is 17.1 Å². The highest BCUT2D eigenvalue weighted by Gasteiger charge is 2.63. The quantitative estimate of drug-likeness (QED) is 0.558. The molecule has 1 spiro atoms. The van der Waals surface area contributed by atoms with Crippen LogP contribution in [0.15, 0.2) is 10.6 Å². The Labute approximate surface area is 214 Å². The minimum absolute atomic E-state index is 0.103. The number of benzene rings is 1. The largest absolute Gasteiger partial charge is 0.447 e. The third-order valence-corrected chi connectivity index (χ3v) is 8.21. The molecule has 1 aromatic heterocycles. The van der Waals surface area contributed by atoms with E-state index in [0.29, 0.717) is 11.3 Å². The van der Waals surface area contributed by atoms with Crippen LogP contribution in [-0.4, -0.2) is 78.5 Å². The fraction of sp³-hybridized carbons (Fsp3) is 0.522. The highest BCUT2D eigenvalue weighted by atomic mass is 32.2. The Balaban J connectivity index is 1.55. The summed E-state index contributed by atoms with van der Waals surface area (Å²) >= 11 is 1.52. The van der Waals surface area contributed by atoms with Gasteiger partial charge in [0, 0.05) is 18.7 Å². The van der Waals surface area contributed by atoms with Crippen molar-refractivity contribution in [2.75, 3.05) is 35.0 Å². The lowest BCUT2D eigenvalue weighted by atomic mass is 9.66. The molecule has 0 bridgehead atoms. The number of hydrogen-bond acceptors (Lipinski definition) is 10. The molecule has 0 unspecified atom stereocenters. The molecule has 4 atom stereocenters. The number of cyclic esters (lactones) is 1. The van der Waals surface area contributed by atoms with Gasteiger partial charge in [0.2, 0.25) is 17.4 Å². The first-order chi connectivity index (χ1) is 17.7. The molecule has 5 amide bonds. The maximum Gasteiger partial charge on any atom is 0.416 e. The van der Waals surface area contributed by atoms with Crippen molar-refractivity contribution in [1.82, 2.24) is 15.8 Å². The predicted octanol–water partition coefficient (Wildman–Crippen LogP) is 1.55. The van der Waals surface area contributed by atoms with Crippen LogP contribution < -0.4 is 20.4 Å². The highest BCUT2D eigenvalue weighted by molar-refractivity contribution is 7.98. The molecule has 12 nitrogen and oxygen atoms in total. The van der Waals surface area contributed by atoms with E-state index in [0.717, 1.165) is 0 Å². The summed E-state index contributed by atoms with van der Waals surface area (Å²) < 4.78 is 32.8. The summed E-state index contributed by atoms with van der Waals surface area (Å²) in [6.45, 7) is 3.87. The molecule has 0 aliphatic carbocycles. The second-order valence-electron chi connectivity index (χ2n) is 9.77. The molecule has 1 aromatic carbocycles. The molecular formula is C23H24FN5O7S. The van der Waals surface area contributed by atoms with E-state index in [4.69, 9.17) is 14.0 Å². The first kappa shape index (κ1) is 24.0. The van der Waals surface area contributed by atoms with E-state index in [-0.39, 0.29) is 54.2 Å². The van der Waals surface area contributed by atoms with Crippen LogP contribution in [0.5, 0.6) is 0 Å². The molecular weight excluding hydrogens is 509 g/mol. The van der Waals surface area contributed by atoms with E-state index in [1.807, 2.05) is 13.2 Å². The Morgan fingerprint density at radius 1 is 1.22 bits per heavy atom. The van der Waals surface area contributed by atoms with Gasteiger partial charge in [-0.1, -0.05) is 5.16 Å². The Morgan fingerprint density at radius 2 is 1.95 bits per heavy atom. The molecule has 2 aromatic rings. The Hall–Kier alpha value is -3.39. The summed E-state index contributed by atoms with van der Waals surface area (Å²) in [4.78, 5) is 54.1. The number of fused-ring (bicyclic) bond motifs is 5. The number of hydrogen-bond donors (Lipinski definition) is 2. The van der Waals surface area contributed by atoms with Crippen LogP contribution in [-0.2, 0) is 25.5 Å². The molecule has 5 heterocycles. The first-order valence-electron chi connectivity index (χ1n) is 11.8. The number of thioether (sulfide) groups is 1. The van der Waals surface area contributed by atoms with Gasteiger partial charge >= 0.3 is 12.1 Å². The predicted molar refractivity (Wildman–Crippen MR) is 129 cm³/mol. The normalized spacial score (nSPS) is 28.8. The van der Waals surface area contributed by atoms with Gasteiger partial charge < -0.3 is 18.9 Å². The number of rotatable bonds is 3. The number of ether oxygens (including phenoxy) is 2. The molecule has 3 fully saturated rings. The van der Waals surface area contributed by atoms with Gasteiger partial charge in [-0.2, -0.15) is 11.8 Å². The average molecular weight is 534 g/mol. The lowest BCUT2D eigenvalue weighted by molar-refractivity contribution is -0.153. The third kappa shape index (κ3) is 3.27. The van der Waals surface area contributed by atoms with Gasteiger partial charge in [0.05, 0.1) is 35.4 Å². The zero-order chi connectivity index (χ0) is 26.2. The molecule has 4 aliphatic rings. The number of amides is 5. The summed E-state index contributed by atoms with van der Waals surface area (Å²) in [7, 11) is 0. The van der Waals surface area contributed by atoms with Crippen molar-refractivity contribution in [2.45, 2.75) is 44.6 Å². The van der Waals surface area contributed by atoms with Crippen molar-refractivity contribution in [3.8, 4) is 0 Å². The number of carbonyl (C=O) groups excluding carboxylic acids is 4. The van der Waals surface area contributed by atoms with E-state index >= 15 is 4.39 Å². The second-order valence-corrected chi connectivity index (χ2v) is 10.7. The fourth-order valence-electron chi connectivity index (χ4n) is 6.15. The Morgan fingerprint density at radius 3 is 2.65 bits per heavy atom. The number of carbonyl (C=O) groups is 4. The fourth-order valence-corrected chi connectivity index (χ4v) is 6.78. The highest BCUT2D eigenvalue weighted by Crippen LogP contribution is 2.50. The van der Waals surface area contributed by atoms with Crippen LogP contribution in [0.4, 0.5) is 25.5 Å². The summed E-state index contributed by atoms with van der Waals surface area (Å²) in [6.07, 6.45) is 0.0890. The number of anilines is 2. The van der Waals surface area contributed by atoms with Gasteiger partial charge in [0.25, 0.3) is 0 Å². The second kappa shape index (κ2) is 8.31. The number of aromatic nitrogens is 1. The SMILES string of the molecule is CSC[C@H]1COC(=O)N1c1noc2c(F)c3c(cc12)CC1(C(=O)NC(=O)NC1=O)[C@H]1[C@H](C)O[C@H](C)CN31. The molecule has 196 valence electrons. The van der Waals surface area contributed by atoms with Gasteiger partial charge in [0.1, 0.15) is 6.61 Å². The number of morpholine rings is 1. The number of halogens is 1. The number of imide groups is 2. The Bertz CT molecular complexity index is 1340. The minimum Gasteiger partial charge on any atom is -0.447 e. The van der Waals surface area contributed by atoms with E-state index in [1.165, 1.54) is 16.7 Å². The molecule has 0 radical (unpaired) electrons. The Kier molecular flexibility index (Phi) is 5.39. The van der Waals surface area contributed by atoms with E-state index in [9.17, 15) is 19.2 Å². The molecule has 14 heteroatoms. The summed E-state index contributed by atoms with van der Waals surface area (Å²) in [5.41, 5.74) is -1.38. The van der Waals surface area contributed by atoms with Crippen molar-refractivity contribution in [1.29, 1.82) is 0 Å². The van der Waals surface area contributed by atoms with E-state index in [1.54, 1.807) is 17.9 Å². The van der Waals surface area contributed by atoms with E-state index in [2.05, 4.69) is 15.8 Å². The van der Waals surface area contributed by atoms with Crippen LogP contribution >= 0.6 is 11.8 Å². The smallest absolute Gasteiger partial charge is 0.416 e. The van der Waals surface area contributed by atoms with Gasteiger partial charge in [-0.25, -0.2) is 14.0 Å². The van der Waals surface area contributed by atoms with Crippen LogP contribution in [0.1, 0.15) is 19.4 Å². The van der Waals surface area contributed by atoms with Crippen molar-refractivity contribution in [3.63, 3.8) is 0 Å². The monoisotopic (exact) mass is 533 g/mol. The maximum absolute atomic E-state index is 16.2. The molecule has 37 heavy (non-hydrogen) atoms. The number of nitrogens with zero attached hydrogens (tertiary/aromatic N) is 3. The summed E-state index contributed by atoms with van der Waals surface area (Å²) in [6, 6.07) is -0.530. The van der Waals surface area contributed by atoms with Crippen LogP contribution in [0.25, 0.3) is 11.0 Å². The molecule has 4 aliphatic heterocycles. The summed E-state index contributed by atoms with van der Waals surface area (Å²) in [5.74, 6) is -1.60. The molecule has 2 N–H and O–H groups in total. The minimum atomic E-state index is -1.76. The van der Waals surface area contributed by atoms with Crippen molar-refractivity contribution in [2.24, 2.45) is 5.41 Å². The van der Waals surface area contributed by atoms with Crippen LogP contribution in [0.2, 0.25) is 0 Å². The molecule has 0 saturated carbocycles. The average Bonchev–Trinajstić information content (AvgIpc) is 3.40. The molecule has 3 saturated heterocycles. The standard InChI is InChI=1S/C23H24FN5O7S/c1-9-6-28-15-11(5-23(17(28)10(2)35-9)19(30)25-21(32)26-20(23)31)4-13-16(14(15)24)36-27-18(13)29-12(8-37-3)7-34-22(29)33/h4,9-10,12,17H,5-8H2,1-3H3,(H2,25,26,30,31,32)/t9-,10+,12-,17-/m1/s1. The number of urea groups is 1. The van der Waals surface area contributed by atoms with Gasteiger partial charge in [-0.3, -0.25) is 25.1 Å². The van der Waals surface area contributed by atoms with Gasteiger partial charge in [-0.05, 0) is 31.7 Å². The first-order valence-corrected chi connectivity index (χ1v) is 13.2. The van der Waals surface area contributed by atoms with Crippen molar-refractivity contribution >= 4 is 58.2 Å². The van der Waals surface area contributed by atoms with E-state index < -0.39 is 47.3 Å². The lowest BCUT2D eigenvalue weighted by Crippen LogP contribution is -2.75. The van der Waals surface area contributed by atoms with Crippen LogP contribution in [0, 0.1) is 11.2 Å². The maximum atomic E-state index is 16.2. The zero-order valence-corrected chi connectivity index (χ0v) is 21.0. The summed E-state index contributed by atoms with van der Waals surface area (Å²) in [5, 5.41) is 8.66. The van der Waals surface area contributed by atoms with Gasteiger partial charge in [-0.15, -0.1) is 0 Å². The number of barbiturate groups is 1. The third-order valence-electron chi connectivity index (χ3n) is 7.49. The van der Waals surface area contributed by atoms with Crippen LogP contribution in [0.3, 0.4) is 0 Å².